The average molecular weight is 458 g/mol. The van der Waals surface area contributed by atoms with Crippen LogP contribution in [0.4, 0.5) is 9.18 Å². The van der Waals surface area contributed by atoms with Gasteiger partial charge in [0.25, 0.3) is 0 Å². The third-order valence-electron chi connectivity index (χ3n) is 3.63. The van der Waals surface area contributed by atoms with Crippen LogP contribution < -0.4 is 5.32 Å². The van der Waals surface area contributed by atoms with Crippen molar-refractivity contribution in [2.45, 2.75) is 45.4 Å². The summed E-state index contributed by atoms with van der Waals surface area (Å²) >= 11 is 9.21. The van der Waals surface area contributed by atoms with Crippen LogP contribution in [0.1, 0.15) is 39.1 Å². The van der Waals surface area contributed by atoms with E-state index >= 15 is 0 Å². The number of carbonyl (C=O) groups excluding carboxylic acids is 1. The number of ether oxygens (including phenoxy) is 1. The fourth-order valence-electron chi connectivity index (χ4n) is 2.58. The zero-order valence-electron chi connectivity index (χ0n) is 15.3. The molecule has 1 N–H and O–H groups in total. The van der Waals surface area contributed by atoms with E-state index in [1.165, 1.54) is 16.8 Å². The fraction of sp³-hybridized carbons (Fsp3) is 0.389. The number of nitrogens with one attached hydrogen (secondary N) is 1. The lowest BCUT2D eigenvalue weighted by molar-refractivity contribution is 0.0448. The van der Waals surface area contributed by atoms with Crippen LogP contribution in [0.25, 0.3) is 0 Å². The SMILES string of the molecule is CC(C)(C)OC(=O)N[C@@](C)(Cn1cc(Cl)nc1C#N)c1cc(Br)ccc1F. The van der Waals surface area contributed by atoms with Gasteiger partial charge >= 0.3 is 6.09 Å². The average Bonchev–Trinajstić information content (AvgIpc) is 2.86. The van der Waals surface area contributed by atoms with Gasteiger partial charge in [-0.05, 0) is 45.9 Å². The molecule has 144 valence electrons. The van der Waals surface area contributed by atoms with Crippen molar-refractivity contribution >= 4 is 33.6 Å². The highest BCUT2D eigenvalue weighted by Gasteiger charge is 2.35. The predicted molar refractivity (Wildman–Crippen MR) is 103 cm³/mol. The molecule has 0 spiro atoms. The van der Waals surface area contributed by atoms with Gasteiger partial charge in [-0.25, -0.2) is 14.2 Å². The number of nitrogens with zero attached hydrogens (tertiary/aromatic N) is 3. The van der Waals surface area contributed by atoms with Crippen LogP contribution in [0.5, 0.6) is 0 Å². The smallest absolute Gasteiger partial charge is 0.408 e. The molecule has 0 aliphatic carbocycles. The molecular formula is C18H19BrClFN4O2. The molecular weight excluding hydrogens is 439 g/mol. The third kappa shape index (κ3) is 5.44. The van der Waals surface area contributed by atoms with Gasteiger partial charge in [0, 0.05) is 16.2 Å². The summed E-state index contributed by atoms with van der Waals surface area (Å²) < 4.78 is 22.0. The number of amides is 1. The number of benzene rings is 1. The Labute approximate surface area is 170 Å². The van der Waals surface area contributed by atoms with Gasteiger partial charge in [-0.2, -0.15) is 5.26 Å². The highest BCUT2D eigenvalue weighted by molar-refractivity contribution is 9.10. The first kappa shape index (κ1) is 21.2. The van der Waals surface area contributed by atoms with Crippen LogP contribution in [-0.4, -0.2) is 21.2 Å². The van der Waals surface area contributed by atoms with Gasteiger partial charge in [0.1, 0.15) is 22.6 Å². The predicted octanol–water partition coefficient (Wildman–Crippen LogP) is 4.75. The van der Waals surface area contributed by atoms with E-state index in [2.05, 4.69) is 26.2 Å². The monoisotopic (exact) mass is 456 g/mol. The minimum absolute atomic E-state index is 0.0161. The minimum Gasteiger partial charge on any atom is -0.444 e. The lowest BCUT2D eigenvalue weighted by Gasteiger charge is -2.33. The van der Waals surface area contributed by atoms with Crippen LogP contribution >= 0.6 is 27.5 Å². The molecule has 0 saturated carbocycles. The quantitative estimate of drug-likeness (QED) is 0.718. The van der Waals surface area contributed by atoms with Gasteiger partial charge in [0.05, 0.1) is 12.1 Å². The summed E-state index contributed by atoms with van der Waals surface area (Å²) in [5, 5.41) is 12.1. The summed E-state index contributed by atoms with van der Waals surface area (Å²) in [5.74, 6) is -0.464. The first-order valence-corrected chi connectivity index (χ1v) is 9.20. The molecule has 0 aliphatic rings. The number of nitriles is 1. The van der Waals surface area contributed by atoms with Crippen molar-refractivity contribution < 1.29 is 13.9 Å². The standard InChI is InChI=1S/C18H19BrClFN4O2/c1-17(2,3)27-16(26)24-18(4,12-7-11(19)5-6-13(12)21)10-25-9-14(20)23-15(25)8-22/h5-7,9H,10H2,1-4H3,(H,24,26)/t18-/m0/s1. The molecule has 1 aromatic carbocycles. The lowest BCUT2D eigenvalue weighted by atomic mass is 9.91. The Kier molecular flexibility index (Phi) is 6.17. The van der Waals surface area contributed by atoms with E-state index in [1.54, 1.807) is 39.8 Å². The largest absolute Gasteiger partial charge is 0.444 e. The summed E-state index contributed by atoms with van der Waals surface area (Å²) in [4.78, 5) is 16.3. The van der Waals surface area contributed by atoms with Crippen LogP contribution in [0, 0.1) is 17.1 Å². The molecule has 0 fully saturated rings. The van der Waals surface area contributed by atoms with E-state index in [1.807, 2.05) is 6.07 Å². The number of rotatable bonds is 4. The topological polar surface area (TPSA) is 79.9 Å². The number of hydrogen-bond acceptors (Lipinski definition) is 4. The molecule has 0 aliphatic heterocycles. The molecule has 1 aromatic heterocycles. The van der Waals surface area contributed by atoms with E-state index in [4.69, 9.17) is 16.3 Å². The summed E-state index contributed by atoms with van der Waals surface area (Å²) in [7, 11) is 0. The second-order valence-electron chi connectivity index (χ2n) is 7.21. The molecule has 1 heterocycles. The molecule has 9 heteroatoms. The van der Waals surface area contributed by atoms with Crippen molar-refractivity contribution in [3.05, 3.63) is 51.2 Å². The van der Waals surface area contributed by atoms with Crippen molar-refractivity contribution in [2.75, 3.05) is 0 Å². The molecule has 27 heavy (non-hydrogen) atoms. The summed E-state index contributed by atoms with van der Waals surface area (Å²) in [6, 6.07) is 6.34. The first-order chi connectivity index (χ1) is 12.4. The number of alkyl carbamates (subject to hydrolysis) is 1. The van der Waals surface area contributed by atoms with E-state index in [9.17, 15) is 14.4 Å². The number of aromatic nitrogens is 2. The van der Waals surface area contributed by atoms with E-state index in [0.717, 1.165) is 0 Å². The third-order valence-corrected chi connectivity index (χ3v) is 4.31. The molecule has 1 atom stereocenters. The van der Waals surface area contributed by atoms with Crippen molar-refractivity contribution in [1.29, 1.82) is 5.26 Å². The number of halogens is 3. The second-order valence-corrected chi connectivity index (χ2v) is 8.51. The molecule has 0 unspecified atom stereocenters. The number of hydrogen-bond donors (Lipinski definition) is 1. The fourth-order valence-corrected chi connectivity index (χ4v) is 3.13. The maximum atomic E-state index is 14.6. The van der Waals surface area contributed by atoms with Crippen molar-refractivity contribution in [1.82, 2.24) is 14.9 Å². The van der Waals surface area contributed by atoms with E-state index in [0.29, 0.717) is 4.47 Å². The Morgan fingerprint density at radius 3 is 2.70 bits per heavy atom. The van der Waals surface area contributed by atoms with Gasteiger partial charge in [-0.3, -0.25) is 0 Å². The molecule has 0 radical (unpaired) electrons. The van der Waals surface area contributed by atoms with Gasteiger partial charge in [-0.15, -0.1) is 0 Å². The second kappa shape index (κ2) is 7.87. The Hall–Kier alpha value is -2.11. The molecule has 2 aromatic rings. The molecule has 0 bridgehead atoms. The summed E-state index contributed by atoms with van der Waals surface area (Å²) in [6.07, 6.45) is 0.736. The zero-order chi connectivity index (χ0) is 20.4. The Bertz CT molecular complexity index is 904. The first-order valence-electron chi connectivity index (χ1n) is 8.03. The zero-order valence-corrected chi connectivity index (χ0v) is 17.7. The van der Waals surface area contributed by atoms with Crippen LogP contribution in [0.3, 0.4) is 0 Å². The van der Waals surface area contributed by atoms with Crippen LogP contribution in [0.15, 0.2) is 28.9 Å². The van der Waals surface area contributed by atoms with Crippen molar-refractivity contribution in [3.8, 4) is 6.07 Å². The highest BCUT2D eigenvalue weighted by Crippen LogP contribution is 2.30. The van der Waals surface area contributed by atoms with Crippen molar-refractivity contribution in [2.24, 2.45) is 0 Å². The normalized spacial score (nSPS) is 13.6. The van der Waals surface area contributed by atoms with E-state index < -0.39 is 23.1 Å². The molecule has 1 amide bonds. The Balaban J connectivity index is 2.49. The Morgan fingerprint density at radius 1 is 1.44 bits per heavy atom. The molecule has 2 rings (SSSR count). The summed E-state index contributed by atoms with van der Waals surface area (Å²) in [5.41, 5.74) is -1.75. The number of carbonyl (C=O) groups is 1. The van der Waals surface area contributed by atoms with Crippen LogP contribution in [0.2, 0.25) is 5.15 Å². The minimum atomic E-state index is -1.24. The molecule has 6 nitrogen and oxygen atoms in total. The highest BCUT2D eigenvalue weighted by atomic mass is 79.9. The van der Waals surface area contributed by atoms with Gasteiger partial charge in [0.15, 0.2) is 0 Å². The maximum absolute atomic E-state index is 14.6. The summed E-state index contributed by atoms with van der Waals surface area (Å²) in [6.45, 7) is 6.84. The Morgan fingerprint density at radius 2 is 2.11 bits per heavy atom. The van der Waals surface area contributed by atoms with Gasteiger partial charge in [-0.1, -0.05) is 27.5 Å². The van der Waals surface area contributed by atoms with Crippen LogP contribution in [-0.2, 0) is 16.8 Å². The maximum Gasteiger partial charge on any atom is 0.408 e. The number of imidazole rings is 1. The van der Waals surface area contributed by atoms with Gasteiger partial charge in [0.2, 0.25) is 5.82 Å². The van der Waals surface area contributed by atoms with Gasteiger partial charge < -0.3 is 14.6 Å². The molecule has 0 saturated heterocycles. The van der Waals surface area contributed by atoms with Crippen molar-refractivity contribution in [3.63, 3.8) is 0 Å². The lowest BCUT2D eigenvalue weighted by Crippen LogP contribution is -2.49. The van der Waals surface area contributed by atoms with E-state index in [-0.39, 0.29) is 23.1 Å².